The topological polar surface area (TPSA) is 59.3 Å². The Labute approximate surface area is 132 Å². The summed E-state index contributed by atoms with van der Waals surface area (Å²) >= 11 is 6.00. The highest BCUT2D eigenvalue weighted by Crippen LogP contribution is 2.12. The van der Waals surface area contributed by atoms with Crippen molar-refractivity contribution >= 4 is 34.8 Å². The zero-order valence-corrected chi connectivity index (χ0v) is 12.4. The molecule has 1 aromatic heterocycles. The Morgan fingerprint density at radius 3 is 2.86 bits per heavy atom. The Balaban J connectivity index is 1.65. The predicted octanol–water partition coefficient (Wildman–Crippen LogP) is 2.84. The molecule has 22 heavy (non-hydrogen) atoms. The van der Waals surface area contributed by atoms with Gasteiger partial charge in [0.1, 0.15) is 6.54 Å². The zero-order chi connectivity index (χ0) is 15.4. The van der Waals surface area contributed by atoms with Gasteiger partial charge in [-0.1, -0.05) is 41.9 Å². The Morgan fingerprint density at radius 2 is 2.00 bits per heavy atom. The number of hydrazone groups is 1. The van der Waals surface area contributed by atoms with E-state index in [1.807, 2.05) is 42.5 Å². The average Bonchev–Trinajstić information content (AvgIpc) is 2.92. The minimum absolute atomic E-state index is 0.153. The Hall–Kier alpha value is -2.66. The molecule has 0 aliphatic rings. The summed E-state index contributed by atoms with van der Waals surface area (Å²) in [7, 11) is 0. The van der Waals surface area contributed by atoms with Crippen LogP contribution in [0.15, 0.2) is 60.0 Å². The van der Waals surface area contributed by atoms with Crippen molar-refractivity contribution in [3.05, 3.63) is 65.4 Å². The third-order valence-corrected chi connectivity index (χ3v) is 3.48. The molecule has 0 fully saturated rings. The number of amides is 1. The first kappa shape index (κ1) is 14.3. The number of carbonyl (C=O) groups is 1. The summed E-state index contributed by atoms with van der Waals surface area (Å²) in [4.78, 5) is 16.2. The van der Waals surface area contributed by atoms with Gasteiger partial charge in [0.2, 0.25) is 0 Å². The Morgan fingerprint density at radius 1 is 1.23 bits per heavy atom. The summed E-state index contributed by atoms with van der Waals surface area (Å²) < 4.78 is 1.77. The summed E-state index contributed by atoms with van der Waals surface area (Å²) in [6.45, 7) is 0.153. The molecule has 3 aromatic rings. The number of fused-ring (bicyclic) bond motifs is 1. The quantitative estimate of drug-likeness (QED) is 0.595. The van der Waals surface area contributed by atoms with Crippen LogP contribution in [0.4, 0.5) is 0 Å². The molecule has 0 saturated heterocycles. The van der Waals surface area contributed by atoms with Crippen molar-refractivity contribution < 1.29 is 4.79 Å². The summed E-state index contributed by atoms with van der Waals surface area (Å²) in [5, 5.41) is 4.50. The molecular formula is C16H13ClN4O. The molecule has 0 atom stereocenters. The number of imidazole rings is 1. The second kappa shape index (κ2) is 6.41. The molecular weight excluding hydrogens is 300 g/mol. The molecule has 6 heteroatoms. The molecule has 110 valence electrons. The molecule has 0 aliphatic heterocycles. The molecule has 5 nitrogen and oxygen atoms in total. The molecule has 0 unspecified atom stereocenters. The molecule has 0 aliphatic carbocycles. The van der Waals surface area contributed by atoms with Crippen LogP contribution < -0.4 is 5.43 Å². The predicted molar refractivity (Wildman–Crippen MR) is 86.9 cm³/mol. The van der Waals surface area contributed by atoms with Crippen molar-refractivity contribution in [1.29, 1.82) is 0 Å². The van der Waals surface area contributed by atoms with E-state index in [1.54, 1.807) is 17.0 Å². The average molecular weight is 313 g/mol. The van der Waals surface area contributed by atoms with Crippen LogP contribution in [0.25, 0.3) is 11.0 Å². The van der Waals surface area contributed by atoms with Gasteiger partial charge in [-0.15, -0.1) is 0 Å². The molecule has 3 rings (SSSR count). The van der Waals surface area contributed by atoms with E-state index in [4.69, 9.17) is 11.6 Å². The van der Waals surface area contributed by atoms with Crippen molar-refractivity contribution in [2.75, 3.05) is 0 Å². The highest BCUT2D eigenvalue weighted by molar-refractivity contribution is 6.33. The maximum Gasteiger partial charge on any atom is 0.260 e. The molecule has 0 bridgehead atoms. The van der Waals surface area contributed by atoms with Crippen LogP contribution in [-0.4, -0.2) is 21.7 Å². The van der Waals surface area contributed by atoms with Crippen LogP contribution in [0.1, 0.15) is 5.56 Å². The van der Waals surface area contributed by atoms with Crippen LogP contribution in [0, 0.1) is 0 Å². The molecule has 1 amide bonds. The number of hydrogen-bond donors (Lipinski definition) is 1. The van der Waals surface area contributed by atoms with Gasteiger partial charge >= 0.3 is 0 Å². The van der Waals surface area contributed by atoms with E-state index in [9.17, 15) is 4.79 Å². The standard InChI is InChI=1S/C16H13ClN4O/c17-13-6-2-1-5-12(13)9-19-20-16(22)10-21-11-18-14-7-3-4-8-15(14)21/h1-9,11H,10H2,(H,20,22)/b19-9+. The van der Waals surface area contributed by atoms with Gasteiger partial charge in [-0.3, -0.25) is 4.79 Å². The molecule has 0 spiro atoms. The Bertz CT molecular complexity index is 841. The first-order valence-electron chi connectivity index (χ1n) is 6.70. The molecule has 2 aromatic carbocycles. The largest absolute Gasteiger partial charge is 0.321 e. The maximum atomic E-state index is 11.9. The minimum Gasteiger partial charge on any atom is -0.321 e. The number of rotatable bonds is 4. The molecule has 1 heterocycles. The lowest BCUT2D eigenvalue weighted by Crippen LogP contribution is -2.22. The fourth-order valence-electron chi connectivity index (χ4n) is 2.08. The van der Waals surface area contributed by atoms with Crippen molar-refractivity contribution in [1.82, 2.24) is 15.0 Å². The van der Waals surface area contributed by atoms with Gasteiger partial charge in [0, 0.05) is 10.6 Å². The van der Waals surface area contributed by atoms with E-state index in [-0.39, 0.29) is 12.5 Å². The van der Waals surface area contributed by atoms with Gasteiger partial charge in [-0.2, -0.15) is 5.10 Å². The van der Waals surface area contributed by atoms with E-state index < -0.39 is 0 Å². The number of nitrogens with zero attached hydrogens (tertiary/aromatic N) is 3. The second-order valence-corrected chi connectivity index (χ2v) is 5.08. The van der Waals surface area contributed by atoms with Crippen LogP contribution in [-0.2, 0) is 11.3 Å². The van der Waals surface area contributed by atoms with Crippen LogP contribution >= 0.6 is 11.6 Å². The first-order chi connectivity index (χ1) is 10.7. The molecule has 0 saturated carbocycles. The van der Waals surface area contributed by atoms with E-state index in [2.05, 4.69) is 15.5 Å². The SMILES string of the molecule is O=C(Cn1cnc2ccccc21)N/N=C/c1ccccc1Cl. The lowest BCUT2D eigenvalue weighted by Gasteiger charge is -2.03. The van der Waals surface area contributed by atoms with Crippen molar-refractivity contribution in [3.63, 3.8) is 0 Å². The number of carbonyl (C=O) groups excluding carboxylic acids is 1. The van der Waals surface area contributed by atoms with Crippen LogP contribution in [0.5, 0.6) is 0 Å². The number of aromatic nitrogens is 2. The zero-order valence-electron chi connectivity index (χ0n) is 11.6. The Kier molecular flexibility index (Phi) is 4.16. The van der Waals surface area contributed by atoms with Gasteiger partial charge in [0.15, 0.2) is 0 Å². The summed E-state index contributed by atoms with van der Waals surface area (Å²) in [5.74, 6) is -0.230. The van der Waals surface area contributed by atoms with E-state index >= 15 is 0 Å². The van der Waals surface area contributed by atoms with Crippen molar-refractivity contribution in [2.45, 2.75) is 6.54 Å². The second-order valence-electron chi connectivity index (χ2n) is 4.68. The van der Waals surface area contributed by atoms with Gasteiger partial charge in [-0.05, 0) is 18.2 Å². The van der Waals surface area contributed by atoms with Crippen molar-refractivity contribution in [3.8, 4) is 0 Å². The van der Waals surface area contributed by atoms with Crippen molar-refractivity contribution in [2.24, 2.45) is 5.10 Å². The number of para-hydroxylation sites is 2. The first-order valence-corrected chi connectivity index (χ1v) is 7.08. The summed E-state index contributed by atoms with van der Waals surface area (Å²) in [5.41, 5.74) is 5.00. The minimum atomic E-state index is -0.230. The highest BCUT2D eigenvalue weighted by atomic mass is 35.5. The van der Waals surface area contributed by atoms with Gasteiger partial charge in [0.05, 0.1) is 23.6 Å². The molecule has 1 N–H and O–H groups in total. The number of nitrogens with one attached hydrogen (secondary N) is 1. The number of hydrogen-bond acceptors (Lipinski definition) is 3. The monoisotopic (exact) mass is 312 g/mol. The van der Waals surface area contributed by atoms with Gasteiger partial charge in [0.25, 0.3) is 5.91 Å². The lowest BCUT2D eigenvalue weighted by molar-refractivity contribution is -0.121. The van der Waals surface area contributed by atoms with E-state index in [1.165, 1.54) is 6.21 Å². The number of benzene rings is 2. The number of halogens is 1. The van der Waals surface area contributed by atoms with Crippen LogP contribution in [0.3, 0.4) is 0 Å². The summed E-state index contributed by atoms with van der Waals surface area (Å²) in [6.07, 6.45) is 3.16. The maximum absolute atomic E-state index is 11.9. The summed E-state index contributed by atoms with van der Waals surface area (Å²) in [6, 6.07) is 14.9. The fourth-order valence-corrected chi connectivity index (χ4v) is 2.26. The molecule has 0 radical (unpaired) electrons. The van der Waals surface area contributed by atoms with E-state index in [0.29, 0.717) is 5.02 Å². The normalized spacial score (nSPS) is 11.1. The highest BCUT2D eigenvalue weighted by Gasteiger charge is 2.05. The third kappa shape index (κ3) is 3.15. The van der Waals surface area contributed by atoms with Gasteiger partial charge < -0.3 is 4.57 Å². The fraction of sp³-hybridized carbons (Fsp3) is 0.0625. The van der Waals surface area contributed by atoms with Crippen LogP contribution in [0.2, 0.25) is 5.02 Å². The van der Waals surface area contributed by atoms with Gasteiger partial charge in [-0.25, -0.2) is 10.4 Å². The third-order valence-electron chi connectivity index (χ3n) is 3.14. The van der Waals surface area contributed by atoms with E-state index in [0.717, 1.165) is 16.6 Å². The smallest absolute Gasteiger partial charge is 0.260 e. The lowest BCUT2D eigenvalue weighted by atomic mass is 10.2.